The largest absolute Gasteiger partial charge is 0.463 e. The summed E-state index contributed by atoms with van der Waals surface area (Å²) >= 11 is 0. The molecule has 1 aliphatic rings. The number of esters is 2. The Hall–Kier alpha value is -1.70. The average molecular weight is 333 g/mol. The van der Waals surface area contributed by atoms with Crippen LogP contribution >= 0.6 is 0 Å². The van der Waals surface area contributed by atoms with Crippen molar-refractivity contribution in [2.24, 2.45) is 5.92 Å². The van der Waals surface area contributed by atoms with Crippen molar-refractivity contribution in [3.63, 3.8) is 0 Å². The Morgan fingerprint density at radius 3 is 2.43 bits per heavy atom. The van der Waals surface area contributed by atoms with Gasteiger partial charge in [-0.1, -0.05) is 13.8 Å². The first kappa shape index (κ1) is 19.3. The Labute approximate surface area is 134 Å². The van der Waals surface area contributed by atoms with Gasteiger partial charge in [0.2, 0.25) is 12.2 Å². The fraction of sp³-hybridized carbons (Fsp3) is 0.800. The van der Waals surface area contributed by atoms with Gasteiger partial charge >= 0.3 is 11.9 Å². The standard InChI is InChI=1S/C15H24FNO6/c1-5-6-12(20)23-15-14(17-9(3)18)8(2)13(16)11(22-15)7-21-10(4)19/h8,11,13-15H,5-7H2,1-4H3,(H,17,18)/t8?,11?,13-,14-,15?/m0/s1. The van der Waals surface area contributed by atoms with E-state index in [1.165, 1.54) is 13.8 Å². The highest BCUT2D eigenvalue weighted by Gasteiger charge is 2.46. The first-order chi connectivity index (χ1) is 10.8. The van der Waals surface area contributed by atoms with Crippen LogP contribution in [0.3, 0.4) is 0 Å². The first-order valence-corrected chi connectivity index (χ1v) is 7.65. The summed E-state index contributed by atoms with van der Waals surface area (Å²) in [7, 11) is 0. The summed E-state index contributed by atoms with van der Waals surface area (Å²) in [5.41, 5.74) is 0. The molecule has 8 heteroatoms. The van der Waals surface area contributed by atoms with Crippen LogP contribution in [0.5, 0.6) is 0 Å². The molecule has 1 amide bonds. The van der Waals surface area contributed by atoms with Crippen molar-refractivity contribution in [1.82, 2.24) is 5.32 Å². The van der Waals surface area contributed by atoms with Gasteiger partial charge in [0.1, 0.15) is 18.9 Å². The molecule has 1 heterocycles. The molecule has 0 saturated carbocycles. The molecule has 0 aromatic heterocycles. The Kier molecular flexibility index (Phi) is 7.41. The van der Waals surface area contributed by atoms with Gasteiger partial charge in [-0.05, 0) is 6.42 Å². The van der Waals surface area contributed by atoms with Gasteiger partial charge in [0, 0.05) is 26.2 Å². The minimum Gasteiger partial charge on any atom is -0.463 e. The minimum atomic E-state index is -1.48. The molecule has 23 heavy (non-hydrogen) atoms. The molecule has 0 aromatic rings. The number of hydrogen-bond donors (Lipinski definition) is 1. The predicted molar refractivity (Wildman–Crippen MR) is 78.0 cm³/mol. The predicted octanol–water partition coefficient (Wildman–Crippen LogP) is 1.10. The van der Waals surface area contributed by atoms with Crippen LogP contribution in [0, 0.1) is 5.92 Å². The van der Waals surface area contributed by atoms with Crippen molar-refractivity contribution < 1.29 is 33.0 Å². The SMILES string of the molecule is CCCC(=O)OC1OC(COC(C)=O)[C@@H](F)C(C)[C@@H]1NC(C)=O. The number of rotatable bonds is 6. The molecule has 132 valence electrons. The third-order valence-electron chi connectivity index (χ3n) is 3.55. The Morgan fingerprint density at radius 1 is 1.26 bits per heavy atom. The summed E-state index contributed by atoms with van der Waals surface area (Å²) in [6.07, 6.45) is -2.88. The molecule has 0 aromatic carbocycles. The summed E-state index contributed by atoms with van der Waals surface area (Å²) in [4.78, 5) is 33.9. The molecular weight excluding hydrogens is 309 g/mol. The van der Waals surface area contributed by atoms with Crippen molar-refractivity contribution in [2.75, 3.05) is 6.61 Å². The third-order valence-corrected chi connectivity index (χ3v) is 3.55. The zero-order valence-electron chi connectivity index (χ0n) is 13.8. The lowest BCUT2D eigenvalue weighted by atomic mass is 9.89. The Bertz CT molecular complexity index is 442. The van der Waals surface area contributed by atoms with E-state index in [-0.39, 0.29) is 18.9 Å². The van der Waals surface area contributed by atoms with Crippen molar-refractivity contribution in [3.05, 3.63) is 0 Å². The zero-order chi connectivity index (χ0) is 17.6. The molecule has 1 aliphatic heterocycles. The molecule has 0 bridgehead atoms. The zero-order valence-corrected chi connectivity index (χ0v) is 13.8. The van der Waals surface area contributed by atoms with Crippen LogP contribution in [0.25, 0.3) is 0 Å². The summed E-state index contributed by atoms with van der Waals surface area (Å²) in [6.45, 7) is 5.61. The number of carbonyl (C=O) groups excluding carboxylic acids is 3. The highest BCUT2D eigenvalue weighted by Crippen LogP contribution is 2.29. The maximum absolute atomic E-state index is 14.4. The number of halogens is 1. The molecule has 1 fully saturated rings. The van der Waals surface area contributed by atoms with Crippen molar-refractivity contribution in [2.45, 2.75) is 65.1 Å². The fourth-order valence-corrected chi connectivity index (χ4v) is 2.38. The van der Waals surface area contributed by atoms with Crippen LogP contribution in [-0.4, -0.2) is 49.1 Å². The summed E-state index contributed by atoms with van der Waals surface area (Å²) < 4.78 is 29.9. The van der Waals surface area contributed by atoms with Crippen LogP contribution in [0.1, 0.15) is 40.5 Å². The molecule has 1 N–H and O–H groups in total. The van der Waals surface area contributed by atoms with Crippen molar-refractivity contribution >= 4 is 17.8 Å². The molecule has 0 radical (unpaired) electrons. The number of carbonyl (C=O) groups is 3. The van der Waals surface area contributed by atoms with E-state index in [1.807, 2.05) is 6.92 Å². The van der Waals surface area contributed by atoms with Gasteiger partial charge in [-0.2, -0.15) is 0 Å². The van der Waals surface area contributed by atoms with E-state index in [0.717, 1.165) is 0 Å². The number of nitrogens with one attached hydrogen (secondary N) is 1. The normalized spacial score (nSPS) is 30.4. The number of alkyl halides is 1. The summed E-state index contributed by atoms with van der Waals surface area (Å²) in [6, 6.07) is -0.808. The highest BCUT2D eigenvalue weighted by atomic mass is 19.1. The van der Waals surface area contributed by atoms with Crippen LogP contribution in [0.2, 0.25) is 0 Å². The quantitative estimate of drug-likeness (QED) is 0.732. The fourth-order valence-electron chi connectivity index (χ4n) is 2.38. The van der Waals surface area contributed by atoms with Crippen LogP contribution in [0.15, 0.2) is 0 Å². The molecular formula is C15H24FNO6. The van der Waals surface area contributed by atoms with Crippen molar-refractivity contribution in [3.8, 4) is 0 Å². The van der Waals surface area contributed by atoms with Gasteiger partial charge in [0.05, 0.1) is 6.04 Å². The van der Waals surface area contributed by atoms with Crippen LogP contribution in [0.4, 0.5) is 4.39 Å². The maximum Gasteiger partial charge on any atom is 0.308 e. The molecule has 5 atom stereocenters. The number of hydrogen-bond acceptors (Lipinski definition) is 6. The lowest BCUT2D eigenvalue weighted by Gasteiger charge is -2.41. The third kappa shape index (κ3) is 5.78. The number of amides is 1. The molecule has 0 aliphatic carbocycles. The van der Waals surface area contributed by atoms with E-state index in [9.17, 15) is 18.8 Å². The lowest BCUT2D eigenvalue weighted by molar-refractivity contribution is -0.243. The smallest absolute Gasteiger partial charge is 0.308 e. The van der Waals surface area contributed by atoms with Crippen molar-refractivity contribution in [1.29, 1.82) is 0 Å². The van der Waals surface area contributed by atoms with Gasteiger partial charge in [0.25, 0.3) is 0 Å². The second-order valence-electron chi connectivity index (χ2n) is 5.62. The maximum atomic E-state index is 14.4. The van der Waals surface area contributed by atoms with Gasteiger partial charge < -0.3 is 19.5 Å². The van der Waals surface area contributed by atoms with Gasteiger partial charge in [-0.15, -0.1) is 0 Å². The second kappa shape index (κ2) is 8.81. The lowest BCUT2D eigenvalue weighted by Crippen LogP contribution is -2.60. The average Bonchev–Trinajstić information content (AvgIpc) is 2.45. The first-order valence-electron chi connectivity index (χ1n) is 7.65. The Morgan fingerprint density at radius 2 is 1.91 bits per heavy atom. The minimum absolute atomic E-state index is 0.189. The Balaban J connectivity index is 2.85. The van der Waals surface area contributed by atoms with E-state index < -0.39 is 42.5 Å². The molecule has 3 unspecified atom stereocenters. The molecule has 7 nitrogen and oxygen atoms in total. The van der Waals surface area contributed by atoms with Crippen LogP contribution < -0.4 is 5.32 Å². The van der Waals surface area contributed by atoms with Gasteiger partial charge in [0.15, 0.2) is 0 Å². The second-order valence-corrected chi connectivity index (χ2v) is 5.62. The van der Waals surface area contributed by atoms with E-state index in [2.05, 4.69) is 5.32 Å². The van der Waals surface area contributed by atoms with Gasteiger partial charge in [-0.3, -0.25) is 14.4 Å². The highest BCUT2D eigenvalue weighted by molar-refractivity contribution is 5.73. The van der Waals surface area contributed by atoms with E-state index in [0.29, 0.717) is 6.42 Å². The number of ether oxygens (including phenoxy) is 3. The topological polar surface area (TPSA) is 90.9 Å². The van der Waals surface area contributed by atoms with E-state index in [1.54, 1.807) is 6.92 Å². The van der Waals surface area contributed by atoms with Crippen LogP contribution in [-0.2, 0) is 28.6 Å². The summed E-state index contributed by atoms with van der Waals surface area (Å²) in [5, 5.41) is 2.56. The molecule has 1 saturated heterocycles. The summed E-state index contributed by atoms with van der Waals surface area (Å²) in [5.74, 6) is -2.11. The van der Waals surface area contributed by atoms with Gasteiger partial charge in [-0.25, -0.2) is 4.39 Å². The molecule has 1 rings (SSSR count). The molecule has 0 spiro atoms. The van der Waals surface area contributed by atoms with E-state index >= 15 is 0 Å². The monoisotopic (exact) mass is 333 g/mol. The van der Waals surface area contributed by atoms with E-state index in [4.69, 9.17) is 14.2 Å².